The number of thiazole rings is 1. The molecule has 72 heavy (non-hydrogen) atoms. The second kappa shape index (κ2) is 21.5. The maximum atomic E-state index is 14.2. The molecule has 3 aliphatic heterocycles. The summed E-state index contributed by atoms with van der Waals surface area (Å²) < 4.78 is 6.69. The van der Waals surface area contributed by atoms with Gasteiger partial charge in [-0.1, -0.05) is 45.0 Å². The monoisotopic (exact) mass is 1010 g/mol. The molecule has 16 heteroatoms. The molecule has 0 saturated carbocycles. The van der Waals surface area contributed by atoms with Gasteiger partial charge in [0.25, 0.3) is 0 Å². The van der Waals surface area contributed by atoms with Crippen molar-refractivity contribution in [3.63, 3.8) is 0 Å². The number of ether oxygens (including phenoxy) is 1. The number of hydrogen-bond donors (Lipinski definition) is 5. The molecule has 3 atom stereocenters. The van der Waals surface area contributed by atoms with Gasteiger partial charge in [0.1, 0.15) is 30.2 Å². The summed E-state index contributed by atoms with van der Waals surface area (Å²) in [6.07, 6.45) is 3.59. The molecule has 5 N–H and O–H groups in total. The number of likely N-dealkylation sites (tertiary alicyclic amines) is 2. The van der Waals surface area contributed by atoms with Crippen LogP contribution in [0.2, 0.25) is 0 Å². The molecule has 378 valence electrons. The molecule has 0 unspecified atom stereocenters. The molecule has 3 aliphatic rings. The van der Waals surface area contributed by atoms with Crippen molar-refractivity contribution in [2.75, 3.05) is 57.4 Å². The zero-order chi connectivity index (χ0) is 50.7. The fraction of sp³-hybridized carbons (Fsp3) is 0.411. The van der Waals surface area contributed by atoms with E-state index in [1.165, 1.54) is 16.2 Å². The Bertz CT molecular complexity index is 2890. The molecule has 0 bridgehead atoms. The second-order valence-electron chi connectivity index (χ2n) is 20.7. The van der Waals surface area contributed by atoms with Crippen LogP contribution in [0.3, 0.4) is 0 Å². The maximum Gasteiger partial charge on any atom is 0.246 e. The summed E-state index contributed by atoms with van der Waals surface area (Å²) in [5.41, 5.74) is 7.44. The van der Waals surface area contributed by atoms with E-state index in [0.717, 1.165) is 99.8 Å². The lowest BCUT2D eigenvalue weighted by Crippen LogP contribution is -2.58. The summed E-state index contributed by atoms with van der Waals surface area (Å²) in [7, 11) is 0. The average Bonchev–Trinajstić information content (AvgIpc) is 4.10. The van der Waals surface area contributed by atoms with Crippen molar-refractivity contribution < 1.29 is 39.2 Å². The zero-order valence-electron chi connectivity index (χ0n) is 41.4. The van der Waals surface area contributed by atoms with Gasteiger partial charge in [-0.15, -0.1) is 22.7 Å². The van der Waals surface area contributed by atoms with Gasteiger partial charge in [-0.25, -0.2) is 4.98 Å². The number of piperidine rings is 2. The molecule has 2 aromatic heterocycles. The number of nitrogens with zero attached hydrogens (tertiary/aromatic N) is 4. The molecule has 3 fully saturated rings. The van der Waals surface area contributed by atoms with Gasteiger partial charge < -0.3 is 45.4 Å². The number of β-amino-alcohol motifs (C(OH)–C–C–N with tert-alkyl or cyclic N) is 1. The Balaban J connectivity index is 0.711. The van der Waals surface area contributed by atoms with Crippen LogP contribution < -0.4 is 15.5 Å². The molecule has 9 rings (SSSR count). The van der Waals surface area contributed by atoms with Crippen LogP contribution in [0.4, 0.5) is 5.69 Å². The Kier molecular flexibility index (Phi) is 15.2. The number of amides is 3. The number of aromatic hydroxyl groups is 2. The summed E-state index contributed by atoms with van der Waals surface area (Å²) in [6, 6.07) is 25.9. The van der Waals surface area contributed by atoms with E-state index < -0.39 is 35.4 Å². The predicted molar refractivity (Wildman–Crippen MR) is 282 cm³/mol. The van der Waals surface area contributed by atoms with E-state index in [-0.39, 0.29) is 54.7 Å². The minimum Gasteiger partial charge on any atom is -0.508 e. The number of phenolic OH excluding ortho intramolecular Hbond substituents is 2. The van der Waals surface area contributed by atoms with E-state index in [0.29, 0.717) is 24.3 Å². The van der Waals surface area contributed by atoms with Crippen molar-refractivity contribution in [2.24, 2.45) is 10.8 Å². The number of ketones is 1. The highest BCUT2D eigenvalue weighted by Gasteiger charge is 2.45. The fourth-order valence-corrected chi connectivity index (χ4v) is 12.5. The van der Waals surface area contributed by atoms with Crippen molar-refractivity contribution in [3.05, 3.63) is 119 Å². The van der Waals surface area contributed by atoms with Gasteiger partial charge in [-0.3, -0.25) is 19.2 Å². The number of phenols is 2. The highest BCUT2D eigenvalue weighted by molar-refractivity contribution is 7.22. The number of aliphatic hydroxyl groups excluding tert-OH is 1. The number of carbonyl (C=O) groups is 4. The Hall–Kier alpha value is -6.17. The topological polar surface area (TPSA) is 185 Å². The summed E-state index contributed by atoms with van der Waals surface area (Å²) in [4.78, 5) is 67.5. The molecular weight excluding hydrogens is 949 g/mol. The SMILES string of the molecule is Cc1ncsc1-c1ccc(CNC(=O)[C@@H]2C[C@@H](O)CN2C(=O)[C@@H](NC(=O)COCCN2CCC3(CC2)CCN(c2ccc(C(=O)c4c(-c5ccc(O)cc5)sc5cc(O)ccc45)cc2)CC3)C(C)(C)C)cc1. The number of rotatable bonds is 15. The molecule has 3 amide bonds. The molecular formula is C56H64N6O8S2. The number of aliphatic hydroxyl groups is 1. The van der Waals surface area contributed by atoms with E-state index in [1.807, 2.05) is 81.7 Å². The molecule has 6 aromatic rings. The molecule has 5 heterocycles. The highest BCUT2D eigenvalue weighted by atomic mass is 32.1. The summed E-state index contributed by atoms with van der Waals surface area (Å²) in [5, 5.41) is 37.3. The maximum absolute atomic E-state index is 14.2. The van der Waals surface area contributed by atoms with Crippen LogP contribution in [0.15, 0.2) is 96.5 Å². The van der Waals surface area contributed by atoms with Crippen LogP contribution in [0.1, 0.15) is 80.1 Å². The minimum absolute atomic E-state index is 0.000331. The Morgan fingerprint density at radius 3 is 2.17 bits per heavy atom. The number of carbonyl (C=O) groups excluding carboxylic acids is 4. The van der Waals surface area contributed by atoms with Crippen molar-refractivity contribution in [3.8, 4) is 32.4 Å². The number of thiophene rings is 1. The van der Waals surface area contributed by atoms with Crippen LogP contribution in [0, 0.1) is 17.8 Å². The lowest BCUT2D eigenvalue weighted by molar-refractivity contribution is -0.144. The first kappa shape index (κ1) is 50.8. The highest BCUT2D eigenvalue weighted by Crippen LogP contribution is 2.44. The van der Waals surface area contributed by atoms with E-state index in [4.69, 9.17) is 4.74 Å². The van der Waals surface area contributed by atoms with Gasteiger partial charge in [-0.05, 0) is 140 Å². The van der Waals surface area contributed by atoms with Gasteiger partial charge >= 0.3 is 0 Å². The Labute approximate surface area is 428 Å². The van der Waals surface area contributed by atoms with Crippen LogP contribution >= 0.6 is 22.7 Å². The first-order valence-corrected chi connectivity index (χ1v) is 26.5. The van der Waals surface area contributed by atoms with Gasteiger partial charge in [-0.2, -0.15) is 0 Å². The van der Waals surface area contributed by atoms with Gasteiger partial charge in [0, 0.05) is 70.9 Å². The van der Waals surface area contributed by atoms with Crippen molar-refractivity contribution in [2.45, 2.75) is 84.5 Å². The number of hydrogen-bond acceptors (Lipinski definition) is 13. The first-order chi connectivity index (χ1) is 34.5. The predicted octanol–water partition coefficient (Wildman–Crippen LogP) is 8.15. The van der Waals surface area contributed by atoms with E-state index in [1.54, 1.807) is 53.8 Å². The molecule has 4 aromatic carbocycles. The molecule has 3 saturated heterocycles. The van der Waals surface area contributed by atoms with Crippen LogP contribution in [0.25, 0.3) is 31.0 Å². The summed E-state index contributed by atoms with van der Waals surface area (Å²) in [6.45, 7) is 12.5. The second-order valence-corrected chi connectivity index (χ2v) is 22.6. The van der Waals surface area contributed by atoms with Crippen LogP contribution in [0.5, 0.6) is 11.5 Å². The number of fused-ring (bicyclic) bond motifs is 1. The van der Waals surface area contributed by atoms with Crippen LogP contribution in [-0.4, -0.2) is 124 Å². The van der Waals surface area contributed by atoms with Crippen LogP contribution in [-0.2, 0) is 25.7 Å². The van der Waals surface area contributed by atoms with E-state index in [2.05, 4.69) is 25.4 Å². The first-order valence-electron chi connectivity index (χ1n) is 24.8. The third kappa shape index (κ3) is 11.4. The fourth-order valence-electron chi connectivity index (χ4n) is 10.4. The third-order valence-electron chi connectivity index (χ3n) is 14.8. The standard InChI is InChI=1S/C56H64N6O8S2/c1-35-50(71-34-58-35)38-7-5-36(6-8-38)31-57-53(68)45-29-43(65)32-62(45)54(69)52(55(2,3)4)59-47(66)33-70-28-27-60-23-19-56(20-24-60)21-25-61(26-22-56)40-13-9-37(10-14-40)49(67)48-44-18-17-42(64)30-46(44)72-51(48)39-11-15-41(63)16-12-39/h5-18,30,34,43,45,52,63-65H,19-29,31-33H2,1-4H3,(H,57,68)(H,59,66)/t43-,45+,52-/m1/s1. The largest absolute Gasteiger partial charge is 0.508 e. The third-order valence-corrected chi connectivity index (χ3v) is 16.9. The number of benzene rings is 4. The molecule has 0 radical (unpaired) electrons. The lowest BCUT2D eigenvalue weighted by atomic mass is 9.71. The normalized spacial score (nSPS) is 18.6. The van der Waals surface area contributed by atoms with Crippen molar-refractivity contribution >= 4 is 62.0 Å². The molecule has 1 spiro atoms. The smallest absolute Gasteiger partial charge is 0.246 e. The van der Waals surface area contributed by atoms with Crippen molar-refractivity contribution in [1.82, 2.24) is 25.4 Å². The molecule has 14 nitrogen and oxygen atoms in total. The lowest BCUT2D eigenvalue weighted by Gasteiger charge is -2.47. The quantitative estimate of drug-likeness (QED) is 0.0494. The number of aromatic nitrogens is 1. The van der Waals surface area contributed by atoms with Gasteiger partial charge in [0.15, 0.2) is 5.78 Å². The minimum atomic E-state index is -0.938. The molecule has 0 aliphatic carbocycles. The summed E-state index contributed by atoms with van der Waals surface area (Å²) >= 11 is 3.03. The Morgan fingerprint density at radius 2 is 1.50 bits per heavy atom. The Morgan fingerprint density at radius 1 is 0.847 bits per heavy atom. The van der Waals surface area contributed by atoms with Gasteiger partial charge in [0.05, 0.1) is 28.8 Å². The zero-order valence-corrected chi connectivity index (χ0v) is 43.0. The number of anilines is 1. The van der Waals surface area contributed by atoms with E-state index in [9.17, 15) is 34.5 Å². The average molecular weight is 1010 g/mol. The van der Waals surface area contributed by atoms with E-state index >= 15 is 0 Å². The summed E-state index contributed by atoms with van der Waals surface area (Å²) in [5.74, 6) is -0.974. The van der Waals surface area contributed by atoms with Crippen molar-refractivity contribution in [1.29, 1.82) is 0 Å². The number of nitrogens with one attached hydrogen (secondary N) is 2. The number of aryl methyl sites for hydroxylation is 1. The van der Waals surface area contributed by atoms with Gasteiger partial charge in [0.2, 0.25) is 17.7 Å².